The van der Waals surface area contributed by atoms with Crippen LogP contribution in [0.3, 0.4) is 0 Å². The molecule has 0 radical (unpaired) electrons. The van der Waals surface area contributed by atoms with Gasteiger partial charge in [-0.05, 0) is 42.2 Å². The maximum Gasteiger partial charge on any atom is 0.100 e. The van der Waals surface area contributed by atoms with E-state index in [1.165, 1.54) is 64.2 Å². The molecule has 1 atom stereocenters. The van der Waals surface area contributed by atoms with Gasteiger partial charge in [0, 0.05) is 6.42 Å². The molecule has 114 valence electrons. The molecular weight excluding hydrogens is 247 g/mol. The number of halogens is 1. The lowest BCUT2D eigenvalue weighted by molar-refractivity contribution is 0.253. The Kier molecular flexibility index (Phi) is 6.32. The van der Waals surface area contributed by atoms with Crippen molar-refractivity contribution in [1.29, 1.82) is 0 Å². The zero-order chi connectivity index (χ0) is 14.4. The molecule has 0 aliphatic heterocycles. The average molecular weight is 278 g/mol. The Morgan fingerprint density at radius 1 is 1.05 bits per heavy atom. The second kappa shape index (κ2) is 8.00. The van der Waals surface area contributed by atoms with E-state index < -0.39 is 0 Å². The summed E-state index contributed by atoms with van der Waals surface area (Å²) in [7, 11) is 0. The Labute approximate surface area is 124 Å². The highest BCUT2D eigenvalue weighted by Gasteiger charge is 2.21. The van der Waals surface area contributed by atoms with Crippen LogP contribution in [-0.4, -0.2) is 0 Å². The summed E-state index contributed by atoms with van der Waals surface area (Å²) in [5.41, 5.74) is 1.04. The van der Waals surface area contributed by atoms with Crippen LogP contribution in [0, 0.1) is 17.8 Å². The Balaban J connectivity index is 1.81. The second-order valence-electron chi connectivity index (χ2n) is 7.08. The lowest BCUT2D eigenvalue weighted by Crippen LogP contribution is -2.15. The van der Waals surface area contributed by atoms with Crippen LogP contribution in [-0.2, 0) is 0 Å². The molecule has 0 aromatic heterocycles. The molecule has 0 saturated heterocycles. The van der Waals surface area contributed by atoms with Gasteiger partial charge >= 0.3 is 0 Å². The standard InChI is InChI=1S/C19H31F/c1-15(17-9-5-3-6-10-17)13-19(20)14-16(2)18-11-7-4-8-12-18/h13,16-18H,1,3-12,14H2,2H3. The van der Waals surface area contributed by atoms with Crippen LogP contribution in [0.5, 0.6) is 0 Å². The molecule has 0 spiro atoms. The van der Waals surface area contributed by atoms with Crippen LogP contribution < -0.4 is 0 Å². The zero-order valence-corrected chi connectivity index (χ0v) is 13.2. The van der Waals surface area contributed by atoms with Gasteiger partial charge in [0.2, 0.25) is 0 Å². The fraction of sp³-hybridized carbons (Fsp3) is 0.789. The van der Waals surface area contributed by atoms with Crippen molar-refractivity contribution in [3.05, 3.63) is 24.1 Å². The molecular formula is C19H31F. The largest absolute Gasteiger partial charge is 0.212 e. The van der Waals surface area contributed by atoms with Gasteiger partial charge in [-0.25, -0.2) is 4.39 Å². The van der Waals surface area contributed by atoms with Crippen molar-refractivity contribution in [2.75, 3.05) is 0 Å². The van der Waals surface area contributed by atoms with Gasteiger partial charge in [-0.15, -0.1) is 0 Å². The van der Waals surface area contributed by atoms with Crippen molar-refractivity contribution in [3.63, 3.8) is 0 Å². The zero-order valence-electron chi connectivity index (χ0n) is 13.2. The fourth-order valence-electron chi connectivity index (χ4n) is 4.03. The molecule has 0 bridgehead atoms. The van der Waals surface area contributed by atoms with Gasteiger partial charge in [-0.1, -0.05) is 64.9 Å². The van der Waals surface area contributed by atoms with Crippen molar-refractivity contribution in [3.8, 4) is 0 Å². The van der Waals surface area contributed by atoms with Crippen molar-refractivity contribution < 1.29 is 4.39 Å². The molecule has 2 aliphatic carbocycles. The summed E-state index contributed by atoms with van der Waals surface area (Å²) in [5.74, 6) is 1.84. The molecule has 0 N–H and O–H groups in total. The average Bonchev–Trinajstić information content (AvgIpc) is 2.49. The minimum atomic E-state index is 0.0682. The molecule has 1 unspecified atom stereocenters. The van der Waals surface area contributed by atoms with E-state index in [1.807, 2.05) is 0 Å². The van der Waals surface area contributed by atoms with Crippen LogP contribution in [0.2, 0.25) is 0 Å². The molecule has 1 heteroatoms. The van der Waals surface area contributed by atoms with Crippen molar-refractivity contribution in [1.82, 2.24) is 0 Å². The van der Waals surface area contributed by atoms with E-state index in [0.29, 0.717) is 18.3 Å². The monoisotopic (exact) mass is 278 g/mol. The third-order valence-electron chi connectivity index (χ3n) is 5.44. The highest BCUT2D eigenvalue weighted by molar-refractivity contribution is 5.21. The number of allylic oxidation sites excluding steroid dienone is 3. The van der Waals surface area contributed by atoms with Gasteiger partial charge < -0.3 is 0 Å². The second-order valence-corrected chi connectivity index (χ2v) is 7.08. The smallest absolute Gasteiger partial charge is 0.100 e. The first-order valence-corrected chi connectivity index (χ1v) is 8.71. The van der Waals surface area contributed by atoms with Crippen LogP contribution in [0.15, 0.2) is 24.1 Å². The van der Waals surface area contributed by atoms with Gasteiger partial charge in [0.1, 0.15) is 5.83 Å². The van der Waals surface area contributed by atoms with Gasteiger partial charge in [0.15, 0.2) is 0 Å². The topological polar surface area (TPSA) is 0 Å². The maximum atomic E-state index is 14.2. The lowest BCUT2D eigenvalue weighted by atomic mass is 9.79. The van der Waals surface area contributed by atoms with E-state index >= 15 is 0 Å². The summed E-state index contributed by atoms with van der Waals surface area (Å²) in [6, 6.07) is 0. The van der Waals surface area contributed by atoms with E-state index in [-0.39, 0.29) is 5.83 Å². The van der Waals surface area contributed by atoms with E-state index in [1.54, 1.807) is 6.08 Å². The summed E-state index contributed by atoms with van der Waals surface area (Å²) in [5, 5.41) is 0. The summed E-state index contributed by atoms with van der Waals surface area (Å²) < 4.78 is 14.2. The van der Waals surface area contributed by atoms with Gasteiger partial charge in [0.25, 0.3) is 0 Å². The molecule has 20 heavy (non-hydrogen) atoms. The first-order chi connectivity index (χ1) is 9.66. The Hall–Kier alpha value is -0.590. The SMILES string of the molecule is C=C(C=C(F)CC(C)C1CCCCC1)C1CCCCC1. The first-order valence-electron chi connectivity index (χ1n) is 8.71. The molecule has 0 heterocycles. The third-order valence-corrected chi connectivity index (χ3v) is 5.44. The minimum Gasteiger partial charge on any atom is -0.212 e. The quantitative estimate of drug-likeness (QED) is 0.498. The van der Waals surface area contributed by atoms with E-state index in [9.17, 15) is 4.39 Å². The molecule has 2 aliphatic rings. The van der Waals surface area contributed by atoms with Crippen LogP contribution in [0.4, 0.5) is 4.39 Å². The molecule has 0 aromatic carbocycles. The van der Waals surface area contributed by atoms with Crippen LogP contribution in [0.1, 0.15) is 77.6 Å². The maximum absolute atomic E-state index is 14.2. The molecule has 0 amide bonds. The Morgan fingerprint density at radius 3 is 2.20 bits per heavy atom. The summed E-state index contributed by atoms with van der Waals surface area (Å²) in [6.45, 7) is 6.35. The van der Waals surface area contributed by atoms with E-state index in [2.05, 4.69) is 13.5 Å². The minimum absolute atomic E-state index is 0.0682. The van der Waals surface area contributed by atoms with Gasteiger partial charge in [-0.3, -0.25) is 0 Å². The number of hydrogen-bond acceptors (Lipinski definition) is 0. The third kappa shape index (κ3) is 4.75. The summed E-state index contributed by atoms with van der Waals surface area (Å²) in [4.78, 5) is 0. The Morgan fingerprint density at radius 2 is 1.60 bits per heavy atom. The predicted octanol–water partition coefficient (Wildman–Crippen LogP) is 6.58. The highest BCUT2D eigenvalue weighted by Crippen LogP contribution is 2.34. The highest BCUT2D eigenvalue weighted by atomic mass is 19.1. The van der Waals surface area contributed by atoms with Crippen LogP contribution >= 0.6 is 0 Å². The number of hydrogen-bond donors (Lipinski definition) is 0. The molecule has 0 nitrogen and oxygen atoms in total. The van der Waals surface area contributed by atoms with Crippen molar-refractivity contribution in [2.24, 2.45) is 17.8 Å². The predicted molar refractivity (Wildman–Crippen MR) is 85.3 cm³/mol. The number of rotatable bonds is 5. The molecule has 2 saturated carbocycles. The van der Waals surface area contributed by atoms with Crippen molar-refractivity contribution >= 4 is 0 Å². The normalized spacial score (nSPS) is 24.6. The summed E-state index contributed by atoms with van der Waals surface area (Å²) >= 11 is 0. The lowest BCUT2D eigenvalue weighted by Gasteiger charge is -2.27. The van der Waals surface area contributed by atoms with Crippen LogP contribution in [0.25, 0.3) is 0 Å². The molecule has 0 aromatic rings. The van der Waals surface area contributed by atoms with E-state index in [0.717, 1.165) is 11.5 Å². The molecule has 2 fully saturated rings. The fourth-order valence-corrected chi connectivity index (χ4v) is 4.03. The van der Waals surface area contributed by atoms with E-state index in [4.69, 9.17) is 0 Å². The summed E-state index contributed by atoms with van der Waals surface area (Å²) in [6.07, 6.45) is 15.4. The Bertz CT molecular complexity index is 330. The van der Waals surface area contributed by atoms with Gasteiger partial charge in [0.05, 0.1) is 0 Å². The van der Waals surface area contributed by atoms with Gasteiger partial charge in [-0.2, -0.15) is 0 Å². The molecule has 2 rings (SSSR count). The van der Waals surface area contributed by atoms with Crippen molar-refractivity contribution in [2.45, 2.75) is 77.6 Å². The first kappa shape index (κ1) is 15.8.